The van der Waals surface area contributed by atoms with E-state index in [1.807, 2.05) is 14.0 Å². The third-order valence-electron chi connectivity index (χ3n) is 2.20. The van der Waals surface area contributed by atoms with E-state index in [2.05, 4.69) is 10.0 Å². The smallest absolute Gasteiger partial charge is 0.279 e. The summed E-state index contributed by atoms with van der Waals surface area (Å²) >= 11 is 0. The van der Waals surface area contributed by atoms with E-state index in [0.717, 1.165) is 6.54 Å². The molecule has 0 bridgehead atoms. The van der Waals surface area contributed by atoms with Gasteiger partial charge >= 0.3 is 0 Å². The minimum absolute atomic E-state index is 0.369. The second-order valence-electron chi connectivity index (χ2n) is 3.23. The highest BCUT2D eigenvalue weighted by atomic mass is 32.2. The van der Waals surface area contributed by atoms with Crippen LogP contribution in [0.25, 0.3) is 0 Å². The van der Waals surface area contributed by atoms with Gasteiger partial charge in [0.2, 0.25) is 0 Å². The fourth-order valence-corrected chi connectivity index (χ4v) is 2.87. The summed E-state index contributed by atoms with van der Waals surface area (Å²) in [6.45, 7) is 4.39. The van der Waals surface area contributed by atoms with Crippen LogP contribution in [0, 0.1) is 5.92 Å². The summed E-state index contributed by atoms with van der Waals surface area (Å²) in [5.74, 6) is 0.369. The van der Waals surface area contributed by atoms with Gasteiger partial charge in [-0.15, -0.1) is 0 Å². The maximum Gasteiger partial charge on any atom is 0.279 e. The maximum absolute atomic E-state index is 11.4. The van der Waals surface area contributed by atoms with Crippen LogP contribution in [0.15, 0.2) is 0 Å². The largest absolute Gasteiger partial charge is 0.319 e. The van der Waals surface area contributed by atoms with Gasteiger partial charge in [-0.1, -0.05) is 6.92 Å². The molecule has 13 heavy (non-hydrogen) atoms. The number of nitrogens with one attached hydrogen (secondary N) is 2. The van der Waals surface area contributed by atoms with E-state index in [1.165, 1.54) is 4.31 Å². The van der Waals surface area contributed by atoms with Gasteiger partial charge in [0.05, 0.1) is 0 Å². The molecule has 0 saturated carbocycles. The minimum Gasteiger partial charge on any atom is -0.319 e. The fraction of sp³-hybridized carbons (Fsp3) is 1.00. The van der Waals surface area contributed by atoms with Crippen molar-refractivity contribution in [2.45, 2.75) is 6.92 Å². The molecule has 2 N–H and O–H groups in total. The standard InChI is InChI=1S/C7H17N3O2S/c1-3-10-6-7(4-8-2)5-9-13(10,11)12/h7-9H,3-6H2,1-2H3. The molecule has 0 radical (unpaired) electrons. The average Bonchev–Trinajstić information content (AvgIpc) is 2.08. The normalized spacial score (nSPS) is 28.9. The van der Waals surface area contributed by atoms with E-state index in [-0.39, 0.29) is 0 Å². The SMILES string of the molecule is CCN1CC(CNC)CNS1(=O)=O. The topological polar surface area (TPSA) is 61.4 Å². The highest BCUT2D eigenvalue weighted by Gasteiger charge is 2.29. The van der Waals surface area contributed by atoms with Crippen LogP contribution in [0.4, 0.5) is 0 Å². The molecule has 78 valence electrons. The van der Waals surface area contributed by atoms with E-state index in [4.69, 9.17) is 0 Å². The zero-order valence-electron chi connectivity index (χ0n) is 8.08. The molecule has 0 amide bonds. The zero-order valence-corrected chi connectivity index (χ0v) is 8.89. The van der Waals surface area contributed by atoms with Crippen molar-refractivity contribution in [2.24, 2.45) is 5.92 Å². The Kier molecular flexibility index (Phi) is 3.66. The molecule has 0 spiro atoms. The van der Waals surface area contributed by atoms with Crippen LogP contribution in [-0.2, 0) is 10.2 Å². The summed E-state index contributed by atoms with van der Waals surface area (Å²) in [7, 11) is -1.29. The van der Waals surface area contributed by atoms with Gasteiger partial charge in [-0.05, 0) is 13.0 Å². The lowest BCUT2D eigenvalue weighted by molar-refractivity contribution is 0.312. The first-order valence-electron chi connectivity index (χ1n) is 4.49. The predicted molar refractivity (Wildman–Crippen MR) is 51.6 cm³/mol. The van der Waals surface area contributed by atoms with Crippen molar-refractivity contribution in [3.05, 3.63) is 0 Å². The minimum atomic E-state index is -3.17. The van der Waals surface area contributed by atoms with Crippen LogP contribution >= 0.6 is 0 Å². The van der Waals surface area contributed by atoms with Crippen molar-refractivity contribution < 1.29 is 8.42 Å². The second-order valence-corrected chi connectivity index (χ2v) is 4.98. The van der Waals surface area contributed by atoms with Crippen molar-refractivity contribution in [2.75, 3.05) is 33.2 Å². The molecule has 0 aromatic heterocycles. The molecule has 0 aromatic rings. The van der Waals surface area contributed by atoms with E-state index in [9.17, 15) is 8.42 Å². The molecule has 1 saturated heterocycles. The lowest BCUT2D eigenvalue weighted by Crippen LogP contribution is -2.53. The molecule has 0 aliphatic carbocycles. The first-order chi connectivity index (χ1) is 6.10. The zero-order chi connectivity index (χ0) is 9.90. The Bertz CT molecular complexity index is 252. The van der Waals surface area contributed by atoms with Crippen molar-refractivity contribution in [1.82, 2.24) is 14.3 Å². The van der Waals surface area contributed by atoms with Crippen LogP contribution in [-0.4, -0.2) is 45.9 Å². The Morgan fingerprint density at radius 1 is 1.62 bits per heavy atom. The van der Waals surface area contributed by atoms with Gasteiger partial charge in [-0.3, -0.25) is 0 Å². The molecule has 5 nitrogen and oxygen atoms in total. The monoisotopic (exact) mass is 207 g/mol. The van der Waals surface area contributed by atoms with E-state index < -0.39 is 10.2 Å². The molecular formula is C7H17N3O2S. The number of rotatable bonds is 3. The van der Waals surface area contributed by atoms with E-state index in [1.54, 1.807) is 0 Å². The third kappa shape index (κ3) is 2.63. The summed E-state index contributed by atoms with van der Waals surface area (Å²) in [6, 6.07) is 0. The molecule has 1 fully saturated rings. The van der Waals surface area contributed by atoms with Crippen LogP contribution < -0.4 is 10.0 Å². The molecule has 1 aliphatic heterocycles. The predicted octanol–water partition coefficient (Wildman–Crippen LogP) is -1.01. The molecule has 1 rings (SSSR count). The molecular weight excluding hydrogens is 190 g/mol. The second kappa shape index (κ2) is 4.36. The highest BCUT2D eigenvalue weighted by Crippen LogP contribution is 2.09. The maximum atomic E-state index is 11.4. The third-order valence-corrected chi connectivity index (χ3v) is 3.82. The van der Waals surface area contributed by atoms with Gasteiger partial charge in [0.25, 0.3) is 10.2 Å². The van der Waals surface area contributed by atoms with Crippen molar-refractivity contribution in [1.29, 1.82) is 0 Å². The lowest BCUT2D eigenvalue weighted by atomic mass is 10.1. The first kappa shape index (κ1) is 10.9. The van der Waals surface area contributed by atoms with Gasteiger partial charge in [0.1, 0.15) is 0 Å². The van der Waals surface area contributed by atoms with Crippen LogP contribution in [0.3, 0.4) is 0 Å². The van der Waals surface area contributed by atoms with Gasteiger partial charge in [-0.2, -0.15) is 12.7 Å². The van der Waals surface area contributed by atoms with Gasteiger partial charge < -0.3 is 5.32 Å². The average molecular weight is 207 g/mol. The van der Waals surface area contributed by atoms with E-state index >= 15 is 0 Å². The molecule has 1 heterocycles. The summed E-state index contributed by atoms with van der Waals surface area (Å²) < 4.78 is 26.7. The summed E-state index contributed by atoms with van der Waals surface area (Å²) in [4.78, 5) is 0. The van der Waals surface area contributed by atoms with Gasteiger partial charge in [0.15, 0.2) is 0 Å². The summed E-state index contributed by atoms with van der Waals surface area (Å²) in [5, 5.41) is 3.05. The molecule has 1 aliphatic rings. The Morgan fingerprint density at radius 3 is 2.85 bits per heavy atom. The number of hydrogen-bond donors (Lipinski definition) is 2. The summed E-state index contributed by atoms with van der Waals surface area (Å²) in [5.41, 5.74) is 0. The van der Waals surface area contributed by atoms with Crippen LogP contribution in [0.1, 0.15) is 6.92 Å². The Morgan fingerprint density at radius 2 is 2.31 bits per heavy atom. The van der Waals surface area contributed by atoms with Crippen LogP contribution in [0.2, 0.25) is 0 Å². The molecule has 6 heteroatoms. The van der Waals surface area contributed by atoms with Crippen molar-refractivity contribution in [3.63, 3.8) is 0 Å². The Balaban J connectivity index is 2.58. The molecule has 1 atom stereocenters. The Hall–Kier alpha value is -0.170. The first-order valence-corrected chi connectivity index (χ1v) is 5.93. The fourth-order valence-electron chi connectivity index (χ4n) is 1.49. The molecule has 0 aromatic carbocycles. The summed E-state index contributed by atoms with van der Waals surface area (Å²) in [6.07, 6.45) is 0. The lowest BCUT2D eigenvalue weighted by Gasteiger charge is -2.31. The number of hydrogen-bond acceptors (Lipinski definition) is 3. The Labute approximate surface area is 79.7 Å². The van der Waals surface area contributed by atoms with Gasteiger partial charge in [0, 0.05) is 26.2 Å². The number of nitrogens with zero attached hydrogens (tertiary/aromatic N) is 1. The highest BCUT2D eigenvalue weighted by molar-refractivity contribution is 7.87. The van der Waals surface area contributed by atoms with Gasteiger partial charge in [-0.25, -0.2) is 4.72 Å². The van der Waals surface area contributed by atoms with Crippen LogP contribution in [0.5, 0.6) is 0 Å². The van der Waals surface area contributed by atoms with E-state index in [0.29, 0.717) is 25.6 Å². The molecule has 1 unspecified atom stereocenters. The van der Waals surface area contributed by atoms with Crippen molar-refractivity contribution in [3.8, 4) is 0 Å². The van der Waals surface area contributed by atoms with Crippen molar-refractivity contribution >= 4 is 10.2 Å². The quantitative estimate of drug-likeness (QED) is 0.623.